The Hall–Kier alpha value is -1.76. The highest BCUT2D eigenvalue weighted by Crippen LogP contribution is 2.25. The minimum Gasteiger partial charge on any atom is -0.394 e. The highest BCUT2D eigenvalue weighted by molar-refractivity contribution is 6.05. The van der Waals surface area contributed by atoms with E-state index in [1.165, 1.54) is 0 Å². The van der Waals surface area contributed by atoms with Gasteiger partial charge in [-0.15, -0.1) is 0 Å². The molecule has 1 saturated heterocycles. The van der Waals surface area contributed by atoms with E-state index in [0.717, 1.165) is 5.56 Å². The van der Waals surface area contributed by atoms with Crippen molar-refractivity contribution in [3.05, 3.63) is 34.9 Å². The Labute approximate surface area is 128 Å². The second-order valence-corrected chi connectivity index (χ2v) is 5.71. The number of fused-ring (bicyclic) bond motifs is 1. The number of nitrogens with one attached hydrogen (secondary N) is 1. The van der Waals surface area contributed by atoms with Gasteiger partial charge in [0, 0.05) is 24.2 Å². The average molecular weight is 305 g/mol. The maximum absolute atomic E-state index is 12.5. The molecular formula is C16H19NO5. The molecule has 3 rings (SSSR count). The fraction of sp³-hybridized carbons (Fsp3) is 0.500. The molecule has 0 spiro atoms. The van der Waals surface area contributed by atoms with Crippen LogP contribution in [0.3, 0.4) is 0 Å². The van der Waals surface area contributed by atoms with Crippen molar-refractivity contribution in [3.63, 3.8) is 0 Å². The zero-order valence-electron chi connectivity index (χ0n) is 12.1. The Morgan fingerprint density at radius 3 is 2.95 bits per heavy atom. The van der Waals surface area contributed by atoms with E-state index in [9.17, 15) is 14.7 Å². The smallest absolute Gasteiger partial charge is 0.251 e. The molecule has 0 saturated carbocycles. The van der Waals surface area contributed by atoms with Gasteiger partial charge in [-0.25, -0.2) is 0 Å². The van der Waals surface area contributed by atoms with Gasteiger partial charge in [-0.1, -0.05) is 12.1 Å². The van der Waals surface area contributed by atoms with E-state index in [-0.39, 0.29) is 18.3 Å². The summed E-state index contributed by atoms with van der Waals surface area (Å²) in [6, 6.07) is 4.67. The number of aliphatic hydroxyl groups is 2. The van der Waals surface area contributed by atoms with E-state index >= 15 is 0 Å². The standard InChI is InChI=1S/C16H19NO5/c18-8-14-15(20)12(6-7-22-14)17-16(21)11-3-1-2-10-9(11)4-5-13(10)19/h1-3,12,14-15,18,20H,4-8H2,(H,17,21)/t12-,14+,15-/m0/s1. The minimum absolute atomic E-state index is 0.0658. The van der Waals surface area contributed by atoms with Crippen molar-refractivity contribution >= 4 is 11.7 Å². The first kappa shape index (κ1) is 15.1. The van der Waals surface area contributed by atoms with Crippen molar-refractivity contribution < 1.29 is 24.5 Å². The lowest BCUT2D eigenvalue weighted by atomic mass is 9.98. The van der Waals surface area contributed by atoms with Gasteiger partial charge in [0.25, 0.3) is 5.91 Å². The van der Waals surface area contributed by atoms with E-state index in [4.69, 9.17) is 9.84 Å². The van der Waals surface area contributed by atoms with Gasteiger partial charge in [-0.05, 0) is 24.5 Å². The SMILES string of the molecule is O=C1CCc2c1cccc2C(=O)N[C@H]1CCO[C@H](CO)[C@H]1O. The highest BCUT2D eigenvalue weighted by Gasteiger charge is 2.34. The monoisotopic (exact) mass is 305 g/mol. The summed E-state index contributed by atoms with van der Waals surface area (Å²) >= 11 is 0. The zero-order valence-corrected chi connectivity index (χ0v) is 12.1. The Morgan fingerprint density at radius 1 is 1.36 bits per heavy atom. The number of Topliss-reactive ketones (excluding diaryl/α,β-unsaturated/α-hetero) is 1. The third kappa shape index (κ3) is 2.65. The number of ether oxygens (including phenoxy) is 1. The topological polar surface area (TPSA) is 95.9 Å². The zero-order chi connectivity index (χ0) is 15.7. The molecule has 0 unspecified atom stereocenters. The number of rotatable bonds is 3. The second kappa shape index (κ2) is 6.16. The predicted molar refractivity (Wildman–Crippen MR) is 77.8 cm³/mol. The quantitative estimate of drug-likeness (QED) is 0.734. The van der Waals surface area contributed by atoms with Gasteiger partial charge in [0.1, 0.15) is 12.2 Å². The summed E-state index contributed by atoms with van der Waals surface area (Å²) in [5, 5.41) is 22.1. The largest absolute Gasteiger partial charge is 0.394 e. The van der Waals surface area contributed by atoms with Crippen LogP contribution < -0.4 is 5.32 Å². The Morgan fingerprint density at radius 2 is 2.18 bits per heavy atom. The first-order chi connectivity index (χ1) is 10.6. The lowest BCUT2D eigenvalue weighted by Crippen LogP contribution is -2.54. The van der Waals surface area contributed by atoms with E-state index in [2.05, 4.69) is 5.32 Å². The van der Waals surface area contributed by atoms with E-state index in [0.29, 0.717) is 37.0 Å². The van der Waals surface area contributed by atoms with Crippen molar-refractivity contribution in [2.24, 2.45) is 0 Å². The molecule has 1 amide bonds. The number of amides is 1. The molecule has 6 nitrogen and oxygen atoms in total. The molecule has 2 aliphatic rings. The van der Waals surface area contributed by atoms with Crippen molar-refractivity contribution in [1.82, 2.24) is 5.32 Å². The fourth-order valence-electron chi connectivity index (χ4n) is 3.14. The number of benzene rings is 1. The second-order valence-electron chi connectivity index (χ2n) is 5.71. The molecule has 118 valence electrons. The minimum atomic E-state index is -0.943. The summed E-state index contributed by atoms with van der Waals surface area (Å²) in [6.07, 6.45) is -0.125. The molecule has 0 bridgehead atoms. The third-order valence-electron chi connectivity index (χ3n) is 4.37. The van der Waals surface area contributed by atoms with Crippen LogP contribution in [-0.4, -0.2) is 53.4 Å². The van der Waals surface area contributed by atoms with Crippen molar-refractivity contribution in [2.45, 2.75) is 37.5 Å². The van der Waals surface area contributed by atoms with E-state index in [1.807, 2.05) is 0 Å². The highest BCUT2D eigenvalue weighted by atomic mass is 16.5. The lowest BCUT2D eigenvalue weighted by Gasteiger charge is -2.34. The van der Waals surface area contributed by atoms with Gasteiger partial charge in [-0.3, -0.25) is 9.59 Å². The molecule has 1 aliphatic carbocycles. The van der Waals surface area contributed by atoms with Crippen molar-refractivity contribution in [2.75, 3.05) is 13.2 Å². The number of aliphatic hydroxyl groups excluding tert-OH is 2. The average Bonchev–Trinajstić information content (AvgIpc) is 2.91. The van der Waals surface area contributed by atoms with E-state index in [1.54, 1.807) is 18.2 Å². The molecule has 3 atom stereocenters. The molecule has 6 heteroatoms. The van der Waals surface area contributed by atoms with Gasteiger partial charge < -0.3 is 20.3 Å². The van der Waals surface area contributed by atoms with Crippen LogP contribution in [0.25, 0.3) is 0 Å². The van der Waals surface area contributed by atoms with E-state index < -0.39 is 18.2 Å². The molecular weight excluding hydrogens is 286 g/mol. The van der Waals surface area contributed by atoms with Gasteiger partial charge in [-0.2, -0.15) is 0 Å². The molecule has 1 fully saturated rings. The normalized spacial score (nSPS) is 27.5. The number of carbonyl (C=O) groups is 2. The van der Waals surface area contributed by atoms with Crippen LogP contribution in [0.1, 0.15) is 39.1 Å². The molecule has 1 aliphatic heterocycles. The maximum Gasteiger partial charge on any atom is 0.251 e. The molecule has 3 N–H and O–H groups in total. The number of hydrogen-bond donors (Lipinski definition) is 3. The molecule has 1 heterocycles. The van der Waals surface area contributed by atoms with Gasteiger partial charge >= 0.3 is 0 Å². The summed E-state index contributed by atoms with van der Waals surface area (Å²) in [5.74, 6) is -0.231. The molecule has 22 heavy (non-hydrogen) atoms. The first-order valence-electron chi connectivity index (χ1n) is 7.48. The van der Waals surface area contributed by atoms with Crippen LogP contribution in [0, 0.1) is 0 Å². The number of hydrogen-bond acceptors (Lipinski definition) is 5. The van der Waals surface area contributed by atoms with Crippen molar-refractivity contribution in [3.8, 4) is 0 Å². The Kier molecular flexibility index (Phi) is 4.24. The first-order valence-corrected chi connectivity index (χ1v) is 7.48. The summed E-state index contributed by atoms with van der Waals surface area (Å²) in [5.41, 5.74) is 1.89. The van der Waals surface area contributed by atoms with Gasteiger partial charge in [0.15, 0.2) is 5.78 Å². The third-order valence-corrected chi connectivity index (χ3v) is 4.37. The summed E-state index contributed by atoms with van der Waals surface area (Å²) in [7, 11) is 0. The lowest BCUT2D eigenvalue weighted by molar-refractivity contribution is -0.107. The fourth-order valence-corrected chi connectivity index (χ4v) is 3.14. The van der Waals surface area contributed by atoms with Crippen LogP contribution >= 0.6 is 0 Å². The summed E-state index contributed by atoms with van der Waals surface area (Å²) < 4.78 is 5.25. The maximum atomic E-state index is 12.5. The van der Waals surface area contributed by atoms with Crippen LogP contribution in [0.5, 0.6) is 0 Å². The van der Waals surface area contributed by atoms with Crippen molar-refractivity contribution in [1.29, 1.82) is 0 Å². The Bertz CT molecular complexity index is 600. The Balaban J connectivity index is 1.77. The molecule has 0 aromatic heterocycles. The van der Waals surface area contributed by atoms with Crippen LogP contribution in [0.2, 0.25) is 0 Å². The van der Waals surface area contributed by atoms with Gasteiger partial charge in [0.2, 0.25) is 0 Å². The van der Waals surface area contributed by atoms with Gasteiger partial charge in [0.05, 0.1) is 12.6 Å². The molecule has 0 radical (unpaired) electrons. The van der Waals surface area contributed by atoms with Crippen LogP contribution in [-0.2, 0) is 11.2 Å². The molecule has 1 aromatic rings. The number of ketones is 1. The van der Waals surface area contributed by atoms with Crippen LogP contribution in [0.4, 0.5) is 0 Å². The summed E-state index contributed by atoms with van der Waals surface area (Å²) in [4.78, 5) is 24.2. The van der Waals surface area contributed by atoms with Crippen LogP contribution in [0.15, 0.2) is 18.2 Å². The predicted octanol–water partition coefficient (Wildman–Crippen LogP) is 0.0560. The summed E-state index contributed by atoms with van der Waals surface area (Å²) in [6.45, 7) is 0.0847. The molecule has 1 aromatic carbocycles. The number of carbonyl (C=O) groups excluding carboxylic acids is 2.